The summed E-state index contributed by atoms with van der Waals surface area (Å²) in [5.74, 6) is 2.07. The van der Waals surface area contributed by atoms with Crippen molar-refractivity contribution in [3.05, 3.63) is 59.9 Å². The Bertz CT molecular complexity index is 1070. The van der Waals surface area contributed by atoms with Crippen LogP contribution in [0.3, 0.4) is 0 Å². The van der Waals surface area contributed by atoms with Gasteiger partial charge in [0, 0.05) is 36.1 Å². The molecule has 0 spiro atoms. The van der Waals surface area contributed by atoms with Crippen molar-refractivity contribution in [1.82, 2.24) is 14.1 Å². The van der Waals surface area contributed by atoms with E-state index in [1.54, 1.807) is 19.2 Å². The third kappa shape index (κ3) is 5.68. The molecule has 160 valence electrons. The van der Waals surface area contributed by atoms with Crippen molar-refractivity contribution < 1.29 is 17.9 Å². The van der Waals surface area contributed by atoms with Gasteiger partial charge in [-0.3, -0.25) is 0 Å². The van der Waals surface area contributed by atoms with E-state index in [1.807, 2.05) is 31.2 Å². The highest BCUT2D eigenvalue weighted by Crippen LogP contribution is 2.22. The van der Waals surface area contributed by atoms with Gasteiger partial charge in [-0.05, 0) is 37.3 Å². The smallest absolute Gasteiger partial charge is 0.240 e. The lowest BCUT2D eigenvalue weighted by atomic mass is 10.1. The molecule has 8 nitrogen and oxygen atoms in total. The molecule has 0 aliphatic heterocycles. The van der Waals surface area contributed by atoms with Crippen LogP contribution in [0.1, 0.15) is 18.3 Å². The Morgan fingerprint density at radius 3 is 2.50 bits per heavy atom. The zero-order valence-corrected chi connectivity index (χ0v) is 18.6. The summed E-state index contributed by atoms with van der Waals surface area (Å²) in [7, 11) is -0.442. The van der Waals surface area contributed by atoms with Crippen molar-refractivity contribution in [3.8, 4) is 11.5 Å². The van der Waals surface area contributed by atoms with Crippen LogP contribution in [0.4, 0.5) is 5.13 Å². The fourth-order valence-electron chi connectivity index (χ4n) is 2.74. The van der Waals surface area contributed by atoms with E-state index >= 15 is 0 Å². The number of anilines is 1. The quantitative estimate of drug-likeness (QED) is 0.492. The molecule has 2 aromatic carbocycles. The minimum Gasteiger partial charge on any atom is -0.497 e. The van der Waals surface area contributed by atoms with Gasteiger partial charge in [0.25, 0.3) is 0 Å². The summed E-state index contributed by atoms with van der Waals surface area (Å²) in [6.45, 7) is 2.08. The molecule has 1 aromatic heterocycles. The maximum atomic E-state index is 12.4. The Hall–Kier alpha value is -2.69. The van der Waals surface area contributed by atoms with Crippen molar-refractivity contribution in [2.24, 2.45) is 0 Å². The molecule has 10 heteroatoms. The highest BCUT2D eigenvalue weighted by atomic mass is 32.2. The third-order valence-corrected chi connectivity index (χ3v) is 6.45. The standard InChI is InChI=1S/C20H24N4O4S2/c1-14(13-21-30(25,26)17-10-8-16(27-2)9-11-17)22-20-23-19(24-29-20)12-15-6-4-5-7-18(15)28-3/h4-11,14,21H,12-13H2,1-3H3,(H,22,23,24). The van der Waals surface area contributed by atoms with Crippen molar-refractivity contribution in [3.63, 3.8) is 0 Å². The van der Waals surface area contributed by atoms with Crippen LogP contribution >= 0.6 is 11.5 Å². The summed E-state index contributed by atoms with van der Waals surface area (Å²) in [6, 6.07) is 13.8. The van der Waals surface area contributed by atoms with E-state index in [-0.39, 0.29) is 17.5 Å². The van der Waals surface area contributed by atoms with Crippen molar-refractivity contribution >= 4 is 26.7 Å². The molecule has 0 saturated heterocycles. The number of hydrogen-bond donors (Lipinski definition) is 2. The van der Waals surface area contributed by atoms with Crippen LogP contribution in [-0.2, 0) is 16.4 Å². The lowest BCUT2D eigenvalue weighted by Crippen LogP contribution is -2.34. The van der Waals surface area contributed by atoms with Crippen LogP contribution < -0.4 is 19.5 Å². The van der Waals surface area contributed by atoms with Gasteiger partial charge >= 0.3 is 0 Å². The van der Waals surface area contributed by atoms with E-state index in [9.17, 15) is 8.42 Å². The van der Waals surface area contributed by atoms with Gasteiger partial charge in [-0.25, -0.2) is 18.1 Å². The van der Waals surface area contributed by atoms with Crippen molar-refractivity contribution in [1.29, 1.82) is 0 Å². The van der Waals surface area contributed by atoms with Crippen LogP contribution in [0.15, 0.2) is 53.4 Å². The van der Waals surface area contributed by atoms with E-state index in [2.05, 4.69) is 19.4 Å². The summed E-state index contributed by atoms with van der Waals surface area (Å²) >= 11 is 1.24. The monoisotopic (exact) mass is 448 g/mol. The largest absolute Gasteiger partial charge is 0.497 e. The summed E-state index contributed by atoms with van der Waals surface area (Å²) in [6.07, 6.45) is 0.556. The Balaban J connectivity index is 1.55. The molecule has 1 unspecified atom stereocenters. The average molecular weight is 449 g/mol. The average Bonchev–Trinajstić information content (AvgIpc) is 3.19. The van der Waals surface area contributed by atoms with Gasteiger partial charge in [-0.2, -0.15) is 4.37 Å². The van der Waals surface area contributed by atoms with Gasteiger partial charge in [0.15, 0.2) is 0 Å². The van der Waals surface area contributed by atoms with Gasteiger partial charge in [-0.1, -0.05) is 18.2 Å². The lowest BCUT2D eigenvalue weighted by molar-refractivity contribution is 0.410. The van der Waals surface area contributed by atoms with E-state index in [0.717, 1.165) is 11.3 Å². The SMILES string of the molecule is COc1ccc(S(=O)(=O)NCC(C)Nc2nc(Cc3ccccc3OC)ns2)cc1. The molecule has 0 bridgehead atoms. The van der Waals surface area contributed by atoms with Gasteiger partial charge < -0.3 is 14.8 Å². The molecular formula is C20H24N4O4S2. The molecule has 0 radical (unpaired) electrons. The Kier molecular flexibility index (Phi) is 7.24. The molecule has 30 heavy (non-hydrogen) atoms. The van der Waals surface area contributed by atoms with Crippen LogP contribution in [0.25, 0.3) is 0 Å². The summed E-state index contributed by atoms with van der Waals surface area (Å²) in [5, 5.41) is 3.82. The molecule has 1 heterocycles. The molecule has 1 atom stereocenters. The Morgan fingerprint density at radius 2 is 1.80 bits per heavy atom. The van der Waals surface area contributed by atoms with Crippen LogP contribution in [-0.4, -0.2) is 44.6 Å². The van der Waals surface area contributed by atoms with Gasteiger partial charge in [-0.15, -0.1) is 0 Å². The number of para-hydroxylation sites is 1. The summed E-state index contributed by atoms with van der Waals surface area (Å²) < 4.78 is 42.3. The van der Waals surface area contributed by atoms with Crippen molar-refractivity contribution in [2.45, 2.75) is 24.3 Å². The number of aromatic nitrogens is 2. The van der Waals surface area contributed by atoms with Gasteiger partial charge in [0.05, 0.1) is 19.1 Å². The Morgan fingerprint density at radius 1 is 1.07 bits per heavy atom. The highest BCUT2D eigenvalue weighted by Gasteiger charge is 2.16. The first-order valence-corrected chi connectivity index (χ1v) is 11.5. The number of nitrogens with zero attached hydrogens (tertiary/aromatic N) is 2. The fourth-order valence-corrected chi connectivity index (χ4v) is 4.57. The molecule has 2 N–H and O–H groups in total. The maximum absolute atomic E-state index is 12.4. The zero-order valence-electron chi connectivity index (χ0n) is 17.0. The predicted octanol–water partition coefficient (Wildman–Crippen LogP) is 2.93. The lowest BCUT2D eigenvalue weighted by Gasteiger charge is -2.14. The molecule has 0 aliphatic carbocycles. The number of ether oxygens (including phenoxy) is 2. The van der Waals surface area contributed by atoms with Crippen LogP contribution in [0.5, 0.6) is 11.5 Å². The van der Waals surface area contributed by atoms with Gasteiger partial charge in [0.2, 0.25) is 15.2 Å². The molecule has 0 aliphatic rings. The van der Waals surface area contributed by atoms with E-state index < -0.39 is 10.0 Å². The molecule has 0 saturated carbocycles. The third-order valence-electron chi connectivity index (χ3n) is 4.33. The number of hydrogen-bond acceptors (Lipinski definition) is 8. The zero-order chi connectivity index (χ0) is 21.6. The topological polar surface area (TPSA) is 102 Å². The summed E-state index contributed by atoms with van der Waals surface area (Å²) in [5.41, 5.74) is 1.00. The predicted molar refractivity (Wildman–Crippen MR) is 117 cm³/mol. The second kappa shape index (κ2) is 9.88. The minimum atomic E-state index is -3.61. The molecule has 3 rings (SSSR count). The number of sulfonamides is 1. The van der Waals surface area contributed by atoms with E-state index in [1.165, 1.54) is 30.8 Å². The first kappa shape index (κ1) is 22.0. The van der Waals surface area contributed by atoms with Crippen molar-refractivity contribution in [2.75, 3.05) is 26.1 Å². The van der Waals surface area contributed by atoms with Gasteiger partial charge in [0.1, 0.15) is 17.3 Å². The number of methoxy groups -OCH3 is 2. The first-order chi connectivity index (χ1) is 14.4. The van der Waals surface area contributed by atoms with E-state index in [0.29, 0.717) is 23.1 Å². The molecular weight excluding hydrogens is 424 g/mol. The minimum absolute atomic E-state index is 0.176. The highest BCUT2D eigenvalue weighted by molar-refractivity contribution is 7.89. The second-order valence-electron chi connectivity index (χ2n) is 6.58. The number of nitrogens with one attached hydrogen (secondary N) is 2. The molecule has 0 fully saturated rings. The van der Waals surface area contributed by atoms with Crippen LogP contribution in [0.2, 0.25) is 0 Å². The van der Waals surface area contributed by atoms with Crippen LogP contribution in [0, 0.1) is 0 Å². The first-order valence-electron chi connectivity index (χ1n) is 9.26. The Labute approximate surface area is 180 Å². The summed E-state index contributed by atoms with van der Waals surface area (Å²) in [4.78, 5) is 4.68. The number of rotatable bonds is 10. The maximum Gasteiger partial charge on any atom is 0.240 e. The molecule has 3 aromatic rings. The van der Waals surface area contributed by atoms with E-state index in [4.69, 9.17) is 9.47 Å². The number of benzene rings is 2. The normalized spacial score (nSPS) is 12.4. The fraction of sp³-hybridized carbons (Fsp3) is 0.300. The molecule has 0 amide bonds. The second-order valence-corrected chi connectivity index (χ2v) is 9.10.